The monoisotopic (exact) mass is 274 g/mol. The lowest BCUT2D eigenvalue weighted by Gasteiger charge is -2.17. The average Bonchev–Trinajstić information content (AvgIpc) is 2.98. The fraction of sp³-hybridized carbons (Fsp3) is 0.583. The van der Waals surface area contributed by atoms with Crippen molar-refractivity contribution in [3.8, 4) is 5.95 Å². The molecule has 106 valence electrons. The zero-order valence-electron chi connectivity index (χ0n) is 11.6. The molecule has 0 aliphatic heterocycles. The molecule has 1 aliphatic rings. The van der Waals surface area contributed by atoms with Crippen LogP contribution in [0.15, 0.2) is 12.7 Å². The second kappa shape index (κ2) is 4.69. The predicted molar refractivity (Wildman–Crippen MR) is 74.2 cm³/mol. The van der Waals surface area contributed by atoms with Gasteiger partial charge in [-0.3, -0.25) is 0 Å². The fourth-order valence-corrected chi connectivity index (χ4v) is 2.60. The number of nitrogens with zero attached hydrogens (tertiary/aromatic N) is 6. The van der Waals surface area contributed by atoms with Gasteiger partial charge in [0.1, 0.15) is 12.7 Å². The maximum atomic E-state index is 5.73. The Morgan fingerprint density at radius 1 is 1.35 bits per heavy atom. The van der Waals surface area contributed by atoms with Gasteiger partial charge in [0.05, 0.1) is 0 Å². The molecule has 8 heteroatoms. The lowest BCUT2D eigenvalue weighted by atomic mass is 9.92. The molecule has 2 heterocycles. The van der Waals surface area contributed by atoms with Crippen LogP contribution in [0.2, 0.25) is 0 Å². The number of hydrogen-bond acceptors (Lipinski definition) is 7. The third-order valence-corrected chi connectivity index (χ3v) is 3.57. The summed E-state index contributed by atoms with van der Waals surface area (Å²) in [5.41, 5.74) is 6.10. The molecule has 0 spiro atoms. The predicted octanol–water partition coefficient (Wildman–Crippen LogP) is 1.03. The van der Waals surface area contributed by atoms with Gasteiger partial charge in [0.2, 0.25) is 11.9 Å². The van der Waals surface area contributed by atoms with Crippen LogP contribution in [0.25, 0.3) is 5.95 Å². The van der Waals surface area contributed by atoms with Crippen molar-refractivity contribution in [2.75, 3.05) is 11.1 Å². The molecule has 0 aromatic carbocycles. The molecule has 3 rings (SSSR count). The molecule has 0 bridgehead atoms. The number of aromatic nitrogens is 6. The Morgan fingerprint density at radius 2 is 2.20 bits per heavy atom. The number of nitrogens with one attached hydrogen (secondary N) is 1. The molecule has 0 amide bonds. The zero-order valence-corrected chi connectivity index (χ0v) is 11.6. The number of nitrogen functional groups attached to an aromatic ring is 1. The molecule has 1 fully saturated rings. The molecule has 0 radical (unpaired) electrons. The molecule has 2 aromatic rings. The number of nitrogens with two attached hydrogens (primary N) is 1. The number of rotatable bonds is 3. The molecule has 1 atom stereocenters. The molecule has 1 aliphatic carbocycles. The van der Waals surface area contributed by atoms with Crippen LogP contribution in [-0.4, -0.2) is 35.8 Å². The van der Waals surface area contributed by atoms with E-state index >= 15 is 0 Å². The molecule has 3 N–H and O–H groups in total. The van der Waals surface area contributed by atoms with Gasteiger partial charge in [-0.05, 0) is 24.7 Å². The number of anilines is 2. The van der Waals surface area contributed by atoms with Gasteiger partial charge in [0, 0.05) is 6.04 Å². The van der Waals surface area contributed by atoms with E-state index in [-0.39, 0.29) is 5.95 Å². The Balaban J connectivity index is 1.80. The van der Waals surface area contributed by atoms with Crippen LogP contribution in [0, 0.1) is 5.41 Å². The van der Waals surface area contributed by atoms with E-state index in [4.69, 9.17) is 5.73 Å². The lowest BCUT2D eigenvalue weighted by molar-refractivity contribution is 0.378. The summed E-state index contributed by atoms with van der Waals surface area (Å²) in [5.74, 6) is 1.03. The third kappa shape index (κ3) is 2.68. The Labute approximate surface area is 116 Å². The van der Waals surface area contributed by atoms with E-state index < -0.39 is 0 Å². The first-order chi connectivity index (χ1) is 9.52. The van der Waals surface area contributed by atoms with Crippen molar-refractivity contribution >= 4 is 11.9 Å². The Kier molecular flexibility index (Phi) is 3.00. The first-order valence-corrected chi connectivity index (χ1v) is 6.65. The Hall–Kier alpha value is -2.25. The maximum Gasteiger partial charge on any atom is 0.258 e. The summed E-state index contributed by atoms with van der Waals surface area (Å²) in [6.07, 6.45) is 6.35. The van der Waals surface area contributed by atoms with Gasteiger partial charge < -0.3 is 11.1 Å². The number of hydrogen-bond donors (Lipinski definition) is 2. The van der Waals surface area contributed by atoms with E-state index in [0.29, 0.717) is 23.4 Å². The van der Waals surface area contributed by atoms with Crippen LogP contribution < -0.4 is 11.1 Å². The molecular weight excluding hydrogens is 256 g/mol. The lowest BCUT2D eigenvalue weighted by Crippen LogP contribution is -2.20. The summed E-state index contributed by atoms with van der Waals surface area (Å²) >= 11 is 0. The van der Waals surface area contributed by atoms with Crippen molar-refractivity contribution in [2.45, 2.75) is 39.2 Å². The van der Waals surface area contributed by atoms with E-state index in [1.807, 2.05) is 0 Å². The van der Waals surface area contributed by atoms with Crippen LogP contribution in [0.5, 0.6) is 0 Å². The van der Waals surface area contributed by atoms with Crippen LogP contribution in [-0.2, 0) is 0 Å². The summed E-state index contributed by atoms with van der Waals surface area (Å²) in [5, 5.41) is 7.33. The van der Waals surface area contributed by atoms with E-state index in [0.717, 1.165) is 12.8 Å². The van der Waals surface area contributed by atoms with Crippen molar-refractivity contribution in [3.63, 3.8) is 0 Å². The Bertz CT molecular complexity index is 592. The summed E-state index contributed by atoms with van der Waals surface area (Å²) in [7, 11) is 0. The van der Waals surface area contributed by atoms with Gasteiger partial charge in [0.15, 0.2) is 0 Å². The van der Waals surface area contributed by atoms with Crippen molar-refractivity contribution in [1.29, 1.82) is 0 Å². The third-order valence-electron chi connectivity index (χ3n) is 3.57. The molecule has 1 unspecified atom stereocenters. The summed E-state index contributed by atoms with van der Waals surface area (Å²) in [6, 6.07) is 0.371. The molecule has 1 saturated carbocycles. The zero-order chi connectivity index (χ0) is 14.2. The van der Waals surface area contributed by atoms with Crippen LogP contribution >= 0.6 is 0 Å². The van der Waals surface area contributed by atoms with Gasteiger partial charge in [-0.15, -0.1) is 0 Å². The molecule has 0 saturated heterocycles. The maximum absolute atomic E-state index is 5.73. The van der Waals surface area contributed by atoms with E-state index in [9.17, 15) is 0 Å². The second-order valence-corrected chi connectivity index (χ2v) is 5.91. The van der Waals surface area contributed by atoms with Gasteiger partial charge in [-0.1, -0.05) is 13.8 Å². The minimum absolute atomic E-state index is 0.172. The average molecular weight is 274 g/mol. The van der Waals surface area contributed by atoms with Crippen molar-refractivity contribution in [1.82, 2.24) is 29.7 Å². The van der Waals surface area contributed by atoms with E-state index in [1.165, 1.54) is 23.8 Å². The van der Waals surface area contributed by atoms with Gasteiger partial charge in [-0.2, -0.15) is 24.7 Å². The highest BCUT2D eigenvalue weighted by Crippen LogP contribution is 2.37. The smallest absolute Gasteiger partial charge is 0.258 e. The van der Waals surface area contributed by atoms with E-state index in [1.54, 1.807) is 0 Å². The highest BCUT2D eigenvalue weighted by atomic mass is 15.4. The van der Waals surface area contributed by atoms with Gasteiger partial charge >= 0.3 is 0 Å². The normalized spacial score (nSPS) is 21.0. The van der Waals surface area contributed by atoms with Crippen LogP contribution in [0.1, 0.15) is 33.1 Å². The Morgan fingerprint density at radius 3 is 2.85 bits per heavy atom. The topological polar surface area (TPSA) is 107 Å². The van der Waals surface area contributed by atoms with Gasteiger partial charge in [0.25, 0.3) is 5.95 Å². The summed E-state index contributed by atoms with van der Waals surface area (Å²) < 4.78 is 1.46. The first kappa shape index (κ1) is 12.8. The van der Waals surface area contributed by atoms with Gasteiger partial charge in [-0.25, -0.2) is 4.98 Å². The van der Waals surface area contributed by atoms with E-state index in [2.05, 4.69) is 44.2 Å². The van der Waals surface area contributed by atoms with Crippen molar-refractivity contribution < 1.29 is 0 Å². The highest BCUT2D eigenvalue weighted by molar-refractivity contribution is 5.35. The minimum Gasteiger partial charge on any atom is -0.368 e. The quantitative estimate of drug-likeness (QED) is 0.860. The minimum atomic E-state index is 0.172. The molecule has 8 nitrogen and oxygen atoms in total. The molecule has 2 aromatic heterocycles. The highest BCUT2D eigenvalue weighted by Gasteiger charge is 2.31. The van der Waals surface area contributed by atoms with Crippen molar-refractivity contribution in [2.24, 2.45) is 5.41 Å². The second-order valence-electron chi connectivity index (χ2n) is 5.91. The summed E-state index contributed by atoms with van der Waals surface area (Å²) in [4.78, 5) is 16.4. The molecular formula is C12H18N8. The standard InChI is InChI=1S/C12H18N8/c1-12(2)4-3-8(5-12)16-10-17-9(13)18-11(19-10)20-7-14-6-15-20/h6-8H,3-5H2,1-2H3,(H3,13,16,17,18,19). The fourth-order valence-electron chi connectivity index (χ4n) is 2.60. The van der Waals surface area contributed by atoms with Crippen molar-refractivity contribution in [3.05, 3.63) is 12.7 Å². The van der Waals surface area contributed by atoms with Crippen LogP contribution in [0.3, 0.4) is 0 Å². The first-order valence-electron chi connectivity index (χ1n) is 6.65. The summed E-state index contributed by atoms with van der Waals surface area (Å²) in [6.45, 7) is 4.55. The SMILES string of the molecule is CC1(C)CCC(Nc2nc(N)nc(-n3cncn3)n2)C1. The largest absolute Gasteiger partial charge is 0.368 e. The van der Waals surface area contributed by atoms with Crippen LogP contribution in [0.4, 0.5) is 11.9 Å². The molecule has 20 heavy (non-hydrogen) atoms.